The number of nitrogens with two attached hydrogens (primary N) is 1. The number of allylic oxidation sites excluding steroid dienone is 4. The minimum absolute atomic E-state index is 0.0502. The minimum Gasteiger partial charge on any atom is -0.506 e. The fraction of sp³-hybridized carbons (Fsp3) is 0.200. The molecular weight excluding hydrogens is 270 g/mol. The number of ether oxygens (including phenoxy) is 2. The van der Waals surface area contributed by atoms with E-state index in [0.29, 0.717) is 18.0 Å². The van der Waals surface area contributed by atoms with Crippen molar-refractivity contribution in [2.45, 2.75) is 6.10 Å². The molecular formula is C15H17N3O3. The summed E-state index contributed by atoms with van der Waals surface area (Å²) in [6, 6.07) is 4.83. The van der Waals surface area contributed by atoms with Crippen LogP contribution < -0.4 is 10.5 Å². The van der Waals surface area contributed by atoms with Crippen molar-refractivity contribution >= 4 is 17.1 Å². The summed E-state index contributed by atoms with van der Waals surface area (Å²) < 4.78 is 10.3. The molecule has 21 heavy (non-hydrogen) atoms. The van der Waals surface area contributed by atoms with E-state index in [1.165, 1.54) is 6.07 Å². The van der Waals surface area contributed by atoms with Crippen LogP contribution in [-0.4, -0.2) is 35.8 Å². The van der Waals surface area contributed by atoms with Crippen molar-refractivity contribution in [1.82, 2.24) is 0 Å². The molecule has 1 aliphatic heterocycles. The lowest BCUT2D eigenvalue weighted by Gasteiger charge is -2.05. The van der Waals surface area contributed by atoms with Gasteiger partial charge in [-0.15, -0.1) is 0 Å². The van der Waals surface area contributed by atoms with Gasteiger partial charge in [-0.3, -0.25) is 10.8 Å². The topological polar surface area (TPSA) is 116 Å². The van der Waals surface area contributed by atoms with E-state index in [9.17, 15) is 5.11 Å². The quantitative estimate of drug-likeness (QED) is 0.294. The monoisotopic (exact) mass is 287 g/mol. The Labute approximate surface area is 122 Å². The molecule has 2 aliphatic rings. The summed E-state index contributed by atoms with van der Waals surface area (Å²) in [6.45, 7) is 1.30. The van der Waals surface area contributed by atoms with Crippen LogP contribution >= 0.6 is 0 Å². The van der Waals surface area contributed by atoms with E-state index < -0.39 is 0 Å². The number of rotatable bonds is 3. The van der Waals surface area contributed by atoms with Crippen LogP contribution in [0.25, 0.3) is 0 Å². The van der Waals surface area contributed by atoms with Crippen molar-refractivity contribution < 1.29 is 14.6 Å². The maximum absolute atomic E-state index is 9.24. The van der Waals surface area contributed by atoms with Gasteiger partial charge in [0.15, 0.2) is 0 Å². The van der Waals surface area contributed by atoms with Crippen LogP contribution in [0, 0.1) is 10.8 Å². The molecule has 1 saturated heterocycles. The Morgan fingerprint density at radius 2 is 1.86 bits per heavy atom. The van der Waals surface area contributed by atoms with Gasteiger partial charge in [0.05, 0.1) is 23.7 Å². The van der Waals surface area contributed by atoms with Crippen LogP contribution in [0.4, 0.5) is 5.69 Å². The van der Waals surface area contributed by atoms with Gasteiger partial charge in [0.2, 0.25) is 0 Å². The normalized spacial score (nSPS) is 19.0. The number of hydrogen-bond donors (Lipinski definition) is 4. The van der Waals surface area contributed by atoms with Crippen molar-refractivity contribution in [3.63, 3.8) is 0 Å². The van der Waals surface area contributed by atoms with Gasteiger partial charge in [-0.1, -0.05) is 12.2 Å². The molecule has 0 saturated carbocycles. The Hall–Kier alpha value is -2.60. The van der Waals surface area contributed by atoms with E-state index in [4.69, 9.17) is 26.0 Å². The minimum atomic E-state index is 0.0502. The smallest absolute Gasteiger partial charge is 0.142 e. The van der Waals surface area contributed by atoms with Crippen LogP contribution in [0.3, 0.4) is 0 Å². The highest BCUT2D eigenvalue weighted by molar-refractivity contribution is 6.48. The number of epoxide rings is 1. The van der Waals surface area contributed by atoms with Crippen molar-refractivity contribution in [2.75, 3.05) is 18.9 Å². The molecule has 0 bridgehead atoms. The Morgan fingerprint density at radius 3 is 2.33 bits per heavy atom. The number of phenolic OH excluding ortho intramolecular Hbond substituents is 1. The first kappa shape index (κ1) is 14.8. The Balaban J connectivity index is 0.000000173. The lowest BCUT2D eigenvalue weighted by molar-refractivity contribution is 0.262. The second-order valence-electron chi connectivity index (χ2n) is 4.53. The summed E-state index contributed by atoms with van der Waals surface area (Å²) in [5, 5.41) is 23.3. The maximum atomic E-state index is 9.24. The van der Waals surface area contributed by atoms with Gasteiger partial charge in [0, 0.05) is 6.07 Å². The molecule has 5 N–H and O–H groups in total. The van der Waals surface area contributed by atoms with Crippen LogP contribution in [0.2, 0.25) is 0 Å². The predicted octanol–water partition coefficient (Wildman–Crippen LogP) is 1.90. The molecule has 0 spiro atoms. The fourth-order valence-corrected chi connectivity index (χ4v) is 1.45. The second-order valence-corrected chi connectivity index (χ2v) is 4.53. The SMILES string of the molecule is N=C1C=CC=CC1=N.Nc1ccc(OCC2CO2)cc1O. The number of phenols is 1. The zero-order chi connectivity index (χ0) is 15.2. The molecule has 1 aromatic carbocycles. The predicted molar refractivity (Wildman–Crippen MR) is 81.5 cm³/mol. The van der Waals surface area contributed by atoms with Gasteiger partial charge in [-0.05, 0) is 24.3 Å². The average molecular weight is 287 g/mol. The summed E-state index contributed by atoms with van der Waals surface area (Å²) in [7, 11) is 0. The maximum Gasteiger partial charge on any atom is 0.142 e. The number of hydrogen-bond acceptors (Lipinski definition) is 6. The van der Waals surface area contributed by atoms with E-state index in [-0.39, 0.29) is 23.3 Å². The van der Waals surface area contributed by atoms with Gasteiger partial charge >= 0.3 is 0 Å². The van der Waals surface area contributed by atoms with E-state index in [2.05, 4.69) is 0 Å². The highest BCUT2D eigenvalue weighted by Crippen LogP contribution is 2.25. The Bertz CT molecular complexity index is 582. The van der Waals surface area contributed by atoms with Gasteiger partial charge in [-0.25, -0.2) is 0 Å². The van der Waals surface area contributed by atoms with Gasteiger partial charge in [-0.2, -0.15) is 0 Å². The molecule has 1 fully saturated rings. The zero-order valence-electron chi connectivity index (χ0n) is 11.4. The summed E-state index contributed by atoms with van der Waals surface area (Å²) in [5.74, 6) is 0.663. The first-order chi connectivity index (χ1) is 10.1. The van der Waals surface area contributed by atoms with Gasteiger partial charge < -0.3 is 20.3 Å². The molecule has 3 rings (SSSR count). The van der Waals surface area contributed by atoms with E-state index in [1.54, 1.807) is 36.4 Å². The summed E-state index contributed by atoms with van der Waals surface area (Å²) >= 11 is 0. The molecule has 0 aromatic heterocycles. The Kier molecular flexibility index (Phi) is 4.73. The third kappa shape index (κ3) is 4.77. The molecule has 1 aromatic rings. The fourth-order valence-electron chi connectivity index (χ4n) is 1.45. The molecule has 6 heteroatoms. The molecule has 0 amide bonds. The number of anilines is 1. The van der Waals surface area contributed by atoms with Crippen LogP contribution in [0.15, 0.2) is 42.5 Å². The number of aromatic hydroxyl groups is 1. The first-order valence-corrected chi connectivity index (χ1v) is 6.41. The van der Waals surface area contributed by atoms with Crippen LogP contribution in [-0.2, 0) is 4.74 Å². The Morgan fingerprint density at radius 1 is 1.24 bits per heavy atom. The second kappa shape index (κ2) is 6.71. The number of nitrogen functional groups attached to an aromatic ring is 1. The van der Waals surface area contributed by atoms with Crippen molar-refractivity contribution in [2.24, 2.45) is 0 Å². The first-order valence-electron chi connectivity index (χ1n) is 6.41. The largest absolute Gasteiger partial charge is 0.506 e. The van der Waals surface area contributed by atoms with E-state index in [0.717, 1.165) is 6.61 Å². The summed E-state index contributed by atoms with van der Waals surface area (Å²) in [5.41, 5.74) is 6.35. The van der Waals surface area contributed by atoms with E-state index >= 15 is 0 Å². The van der Waals surface area contributed by atoms with E-state index in [1.807, 2.05) is 0 Å². The molecule has 0 radical (unpaired) electrons. The average Bonchev–Trinajstić information content (AvgIpc) is 3.28. The lowest BCUT2D eigenvalue weighted by Crippen LogP contribution is -2.06. The summed E-state index contributed by atoms with van der Waals surface area (Å²) in [6.07, 6.45) is 6.92. The third-order valence-electron chi connectivity index (χ3n) is 2.77. The third-order valence-corrected chi connectivity index (χ3v) is 2.77. The van der Waals surface area contributed by atoms with Crippen molar-refractivity contribution in [1.29, 1.82) is 10.8 Å². The molecule has 1 aliphatic carbocycles. The highest BCUT2D eigenvalue weighted by atomic mass is 16.6. The van der Waals surface area contributed by atoms with Crippen LogP contribution in [0.5, 0.6) is 11.5 Å². The molecule has 6 nitrogen and oxygen atoms in total. The zero-order valence-corrected chi connectivity index (χ0v) is 11.4. The van der Waals surface area contributed by atoms with Crippen molar-refractivity contribution in [3.05, 3.63) is 42.5 Å². The molecule has 1 unspecified atom stereocenters. The molecule has 110 valence electrons. The number of benzene rings is 1. The standard InChI is InChI=1S/C9H11NO3.C6H6N2/c10-8-2-1-6(3-9(8)11)12-4-7-5-13-7;7-5-3-1-2-4-6(5)8/h1-3,7,11H,4-5,10H2;1-4,7-8H. The highest BCUT2D eigenvalue weighted by Gasteiger charge is 2.23. The molecule has 1 atom stereocenters. The van der Waals surface area contributed by atoms with Gasteiger partial charge in [0.25, 0.3) is 0 Å². The van der Waals surface area contributed by atoms with Gasteiger partial charge in [0.1, 0.15) is 24.2 Å². The van der Waals surface area contributed by atoms with Crippen molar-refractivity contribution in [3.8, 4) is 11.5 Å². The molecule has 1 heterocycles. The lowest BCUT2D eigenvalue weighted by atomic mass is 10.1. The van der Waals surface area contributed by atoms with Crippen LogP contribution in [0.1, 0.15) is 0 Å². The number of nitrogens with one attached hydrogen (secondary N) is 2. The summed E-state index contributed by atoms with van der Waals surface area (Å²) in [4.78, 5) is 0.